The fourth-order valence-electron chi connectivity index (χ4n) is 1.22. The standard InChI is InChI=1S/C13H16O5/c1-3-16-13(15)18-9-12-6-4-11(5-7-12)8-17-10(2)14/h4-7H,3,8-9H2,1-2H3. The molecular weight excluding hydrogens is 236 g/mol. The first-order chi connectivity index (χ1) is 8.61. The molecule has 0 aliphatic rings. The van der Waals surface area contributed by atoms with Gasteiger partial charge >= 0.3 is 12.1 Å². The van der Waals surface area contributed by atoms with Crippen LogP contribution in [-0.4, -0.2) is 18.7 Å². The number of hydrogen-bond donors (Lipinski definition) is 0. The van der Waals surface area contributed by atoms with Crippen molar-refractivity contribution in [2.45, 2.75) is 27.1 Å². The van der Waals surface area contributed by atoms with Gasteiger partial charge in [0.1, 0.15) is 13.2 Å². The van der Waals surface area contributed by atoms with Crippen LogP contribution in [-0.2, 0) is 32.2 Å². The van der Waals surface area contributed by atoms with Gasteiger partial charge in [0.2, 0.25) is 0 Å². The summed E-state index contributed by atoms with van der Waals surface area (Å²) in [6.45, 7) is 3.77. The van der Waals surface area contributed by atoms with Gasteiger partial charge in [-0.3, -0.25) is 4.79 Å². The van der Waals surface area contributed by atoms with E-state index in [1.54, 1.807) is 19.1 Å². The highest BCUT2D eigenvalue weighted by Gasteiger charge is 2.03. The minimum Gasteiger partial charge on any atom is -0.461 e. The van der Waals surface area contributed by atoms with Crippen molar-refractivity contribution < 1.29 is 23.8 Å². The Kier molecular flexibility index (Phi) is 5.70. The van der Waals surface area contributed by atoms with Crippen molar-refractivity contribution in [2.24, 2.45) is 0 Å². The molecule has 0 atom stereocenters. The molecule has 1 aromatic carbocycles. The molecule has 0 heterocycles. The molecule has 0 bridgehead atoms. The number of esters is 1. The largest absolute Gasteiger partial charge is 0.508 e. The van der Waals surface area contributed by atoms with E-state index >= 15 is 0 Å². The van der Waals surface area contributed by atoms with E-state index in [-0.39, 0.29) is 19.2 Å². The lowest BCUT2D eigenvalue weighted by Gasteiger charge is -2.06. The summed E-state index contributed by atoms with van der Waals surface area (Å²) in [7, 11) is 0. The Hall–Kier alpha value is -2.04. The van der Waals surface area contributed by atoms with Gasteiger partial charge in [-0.25, -0.2) is 4.79 Å². The SMILES string of the molecule is CCOC(=O)OCc1ccc(COC(C)=O)cc1. The van der Waals surface area contributed by atoms with Gasteiger partial charge in [0.25, 0.3) is 0 Å². The highest BCUT2D eigenvalue weighted by Crippen LogP contribution is 2.07. The van der Waals surface area contributed by atoms with Crippen LogP contribution in [0, 0.1) is 0 Å². The van der Waals surface area contributed by atoms with Gasteiger partial charge in [-0.05, 0) is 18.1 Å². The van der Waals surface area contributed by atoms with Crippen molar-refractivity contribution in [1.29, 1.82) is 0 Å². The molecular formula is C13H16O5. The molecule has 1 aromatic rings. The van der Waals surface area contributed by atoms with Crippen LogP contribution in [0.15, 0.2) is 24.3 Å². The zero-order chi connectivity index (χ0) is 13.4. The molecule has 0 spiro atoms. The monoisotopic (exact) mass is 252 g/mol. The Balaban J connectivity index is 2.40. The zero-order valence-corrected chi connectivity index (χ0v) is 10.5. The van der Waals surface area contributed by atoms with Gasteiger partial charge in [-0.1, -0.05) is 24.3 Å². The number of carbonyl (C=O) groups excluding carboxylic acids is 2. The zero-order valence-electron chi connectivity index (χ0n) is 10.5. The Labute approximate surface area is 106 Å². The van der Waals surface area contributed by atoms with Crippen LogP contribution < -0.4 is 0 Å². The summed E-state index contributed by atoms with van der Waals surface area (Å²) < 4.78 is 14.3. The smallest absolute Gasteiger partial charge is 0.461 e. The van der Waals surface area contributed by atoms with E-state index in [1.807, 2.05) is 12.1 Å². The lowest BCUT2D eigenvalue weighted by atomic mass is 10.1. The number of hydrogen-bond acceptors (Lipinski definition) is 5. The Morgan fingerprint density at radius 1 is 0.944 bits per heavy atom. The molecule has 5 nitrogen and oxygen atoms in total. The summed E-state index contributed by atoms with van der Waals surface area (Å²) in [6.07, 6.45) is -0.679. The second kappa shape index (κ2) is 7.32. The lowest BCUT2D eigenvalue weighted by Crippen LogP contribution is -2.06. The normalized spacial score (nSPS) is 9.67. The second-order valence-corrected chi connectivity index (χ2v) is 3.57. The molecule has 98 valence electrons. The highest BCUT2D eigenvalue weighted by atomic mass is 16.7. The van der Waals surface area contributed by atoms with Gasteiger partial charge in [-0.15, -0.1) is 0 Å². The summed E-state index contributed by atoms with van der Waals surface area (Å²) in [6, 6.07) is 7.23. The van der Waals surface area contributed by atoms with E-state index in [2.05, 4.69) is 4.74 Å². The number of benzene rings is 1. The Bertz CT molecular complexity index is 396. The molecule has 5 heteroatoms. The summed E-state index contributed by atoms with van der Waals surface area (Å²) in [5.74, 6) is -0.315. The summed E-state index contributed by atoms with van der Waals surface area (Å²) >= 11 is 0. The maximum Gasteiger partial charge on any atom is 0.508 e. The first-order valence-corrected chi connectivity index (χ1v) is 5.62. The molecule has 0 aromatic heterocycles. The van der Waals surface area contributed by atoms with Crippen LogP contribution in [0.25, 0.3) is 0 Å². The highest BCUT2D eigenvalue weighted by molar-refractivity contribution is 5.65. The van der Waals surface area contributed by atoms with Crippen molar-refractivity contribution in [1.82, 2.24) is 0 Å². The molecule has 0 unspecified atom stereocenters. The van der Waals surface area contributed by atoms with Crippen LogP contribution in [0.3, 0.4) is 0 Å². The van der Waals surface area contributed by atoms with Crippen molar-refractivity contribution in [3.8, 4) is 0 Å². The van der Waals surface area contributed by atoms with E-state index in [1.165, 1.54) is 6.92 Å². The van der Waals surface area contributed by atoms with Gasteiger partial charge in [-0.2, -0.15) is 0 Å². The fourth-order valence-corrected chi connectivity index (χ4v) is 1.22. The first-order valence-electron chi connectivity index (χ1n) is 5.62. The molecule has 18 heavy (non-hydrogen) atoms. The third-order valence-corrected chi connectivity index (χ3v) is 2.08. The summed E-state index contributed by atoms with van der Waals surface area (Å²) in [4.78, 5) is 21.6. The second-order valence-electron chi connectivity index (χ2n) is 3.57. The van der Waals surface area contributed by atoms with Crippen molar-refractivity contribution in [3.05, 3.63) is 35.4 Å². The summed E-state index contributed by atoms with van der Waals surface area (Å²) in [5.41, 5.74) is 1.72. The van der Waals surface area contributed by atoms with Gasteiger partial charge in [0, 0.05) is 6.92 Å². The molecule has 0 saturated heterocycles. The molecule has 0 fully saturated rings. The van der Waals surface area contributed by atoms with Crippen molar-refractivity contribution >= 4 is 12.1 Å². The topological polar surface area (TPSA) is 61.8 Å². The fraction of sp³-hybridized carbons (Fsp3) is 0.385. The van der Waals surface area contributed by atoms with Gasteiger partial charge < -0.3 is 14.2 Å². The number of ether oxygens (including phenoxy) is 3. The molecule has 0 radical (unpaired) electrons. The first kappa shape index (κ1) is 14.0. The van der Waals surface area contributed by atoms with E-state index in [0.29, 0.717) is 6.61 Å². The van der Waals surface area contributed by atoms with Gasteiger partial charge in [0.15, 0.2) is 0 Å². The van der Waals surface area contributed by atoms with Crippen molar-refractivity contribution in [2.75, 3.05) is 6.61 Å². The van der Waals surface area contributed by atoms with Crippen LogP contribution in [0.1, 0.15) is 25.0 Å². The molecule has 0 saturated carbocycles. The predicted molar refractivity (Wildman–Crippen MR) is 63.7 cm³/mol. The predicted octanol–water partition coefficient (Wildman–Crippen LogP) is 2.42. The average Bonchev–Trinajstić information content (AvgIpc) is 2.35. The van der Waals surface area contributed by atoms with Gasteiger partial charge in [0.05, 0.1) is 6.61 Å². The van der Waals surface area contributed by atoms with Crippen LogP contribution in [0.4, 0.5) is 4.79 Å². The van der Waals surface area contributed by atoms with E-state index in [0.717, 1.165) is 11.1 Å². The Morgan fingerprint density at radius 2 is 1.44 bits per heavy atom. The molecule has 1 rings (SSSR count). The quantitative estimate of drug-likeness (QED) is 0.753. The van der Waals surface area contributed by atoms with Crippen LogP contribution in [0.2, 0.25) is 0 Å². The molecule has 0 aliphatic heterocycles. The number of carbonyl (C=O) groups is 2. The minimum atomic E-state index is -0.679. The Morgan fingerprint density at radius 3 is 1.89 bits per heavy atom. The van der Waals surface area contributed by atoms with E-state index in [4.69, 9.17) is 9.47 Å². The number of rotatable bonds is 5. The minimum absolute atomic E-state index is 0.159. The van der Waals surface area contributed by atoms with E-state index in [9.17, 15) is 9.59 Å². The van der Waals surface area contributed by atoms with Crippen LogP contribution >= 0.6 is 0 Å². The third kappa shape index (κ3) is 5.34. The average molecular weight is 252 g/mol. The summed E-state index contributed by atoms with van der Waals surface area (Å²) in [5, 5.41) is 0. The molecule has 0 N–H and O–H groups in total. The third-order valence-electron chi connectivity index (χ3n) is 2.08. The van der Waals surface area contributed by atoms with E-state index < -0.39 is 6.16 Å². The maximum absolute atomic E-state index is 11.0. The van der Waals surface area contributed by atoms with Crippen molar-refractivity contribution in [3.63, 3.8) is 0 Å². The molecule has 0 amide bonds. The molecule has 0 aliphatic carbocycles. The lowest BCUT2D eigenvalue weighted by molar-refractivity contribution is -0.142. The van der Waals surface area contributed by atoms with Crippen LogP contribution in [0.5, 0.6) is 0 Å². The maximum atomic E-state index is 11.0.